The van der Waals surface area contributed by atoms with Crippen LogP contribution in [0.3, 0.4) is 0 Å². The summed E-state index contributed by atoms with van der Waals surface area (Å²) in [5.74, 6) is -1.91. The fraction of sp³-hybridized carbons (Fsp3) is 0.469. The van der Waals surface area contributed by atoms with Crippen molar-refractivity contribution in [3.8, 4) is 0 Å². The lowest BCUT2D eigenvalue weighted by atomic mass is 9.69. The Balaban J connectivity index is 1.81. The molecule has 0 saturated heterocycles. The molecule has 2 atom stereocenters. The molecule has 210 valence electrons. The molecule has 7 nitrogen and oxygen atoms in total. The van der Waals surface area contributed by atoms with Crippen molar-refractivity contribution in [1.82, 2.24) is 0 Å². The van der Waals surface area contributed by atoms with Crippen molar-refractivity contribution in [3.05, 3.63) is 60.2 Å². The van der Waals surface area contributed by atoms with Crippen LogP contribution < -0.4 is 0 Å². The zero-order chi connectivity index (χ0) is 28.6. The molecule has 0 saturated carbocycles. The number of carbonyl (C=O) groups is 3. The summed E-state index contributed by atoms with van der Waals surface area (Å²) in [5, 5.41) is 13.1. The highest BCUT2D eigenvalue weighted by molar-refractivity contribution is 6.02. The topological polar surface area (TPSA) is 99.1 Å². The summed E-state index contributed by atoms with van der Waals surface area (Å²) in [6, 6.07) is 18.1. The predicted octanol–water partition coefficient (Wildman–Crippen LogP) is 5.97. The van der Waals surface area contributed by atoms with E-state index < -0.39 is 34.7 Å². The van der Waals surface area contributed by atoms with E-state index in [1.807, 2.05) is 55.5 Å². The van der Waals surface area contributed by atoms with E-state index in [2.05, 4.69) is 6.07 Å². The van der Waals surface area contributed by atoms with Crippen LogP contribution in [-0.2, 0) is 35.2 Å². The van der Waals surface area contributed by atoms with Gasteiger partial charge in [0.15, 0.2) is 0 Å². The molecule has 39 heavy (non-hydrogen) atoms. The third-order valence-corrected chi connectivity index (χ3v) is 7.36. The number of hydrogen-bond donors (Lipinski definition) is 1. The summed E-state index contributed by atoms with van der Waals surface area (Å²) in [6.45, 7) is 7.19. The first-order valence-corrected chi connectivity index (χ1v) is 13.5. The van der Waals surface area contributed by atoms with Crippen LogP contribution in [0.5, 0.6) is 0 Å². The number of carbonyl (C=O) groups excluding carboxylic acids is 3. The average molecular weight is 537 g/mol. The third kappa shape index (κ3) is 7.15. The van der Waals surface area contributed by atoms with Crippen molar-refractivity contribution in [2.45, 2.75) is 60.0 Å². The van der Waals surface area contributed by atoms with Crippen LogP contribution in [0.4, 0.5) is 0 Å². The first kappa shape index (κ1) is 30.1. The van der Waals surface area contributed by atoms with Crippen molar-refractivity contribution in [3.63, 3.8) is 0 Å². The van der Waals surface area contributed by atoms with E-state index >= 15 is 0 Å². The Morgan fingerprint density at radius 2 is 1.49 bits per heavy atom. The summed E-state index contributed by atoms with van der Waals surface area (Å²) in [5.41, 5.74) is -1.23. The standard InChI is InChI=1S/C32H40O7/c1-6-22(28(34)38-17-11-16-33)19-32(4,30(36)37-5)21-31(2,3)29(35)39-20-27-25-14-9-7-12-23(25)18-24-13-8-10-15-26(24)27/h7-10,12-15,18,22,33H,6,11,16-17,19-21H2,1-5H3. The van der Waals surface area contributed by atoms with Gasteiger partial charge >= 0.3 is 17.9 Å². The van der Waals surface area contributed by atoms with E-state index in [1.54, 1.807) is 20.8 Å². The number of benzene rings is 3. The van der Waals surface area contributed by atoms with Crippen molar-refractivity contribution in [2.24, 2.45) is 16.7 Å². The van der Waals surface area contributed by atoms with Gasteiger partial charge < -0.3 is 19.3 Å². The van der Waals surface area contributed by atoms with E-state index in [0.717, 1.165) is 27.1 Å². The van der Waals surface area contributed by atoms with E-state index in [-0.39, 0.29) is 32.7 Å². The van der Waals surface area contributed by atoms with Crippen molar-refractivity contribution in [2.75, 3.05) is 20.3 Å². The number of methoxy groups -OCH3 is 1. The van der Waals surface area contributed by atoms with Gasteiger partial charge in [0.1, 0.15) is 6.61 Å². The van der Waals surface area contributed by atoms with Crippen LogP contribution in [0, 0.1) is 16.7 Å². The van der Waals surface area contributed by atoms with Crippen LogP contribution in [-0.4, -0.2) is 43.3 Å². The van der Waals surface area contributed by atoms with E-state index in [4.69, 9.17) is 19.3 Å². The van der Waals surface area contributed by atoms with Gasteiger partial charge in [0, 0.05) is 18.6 Å². The fourth-order valence-corrected chi connectivity index (χ4v) is 5.41. The molecule has 3 aromatic rings. The molecule has 3 aromatic carbocycles. The molecular weight excluding hydrogens is 496 g/mol. The second kappa shape index (κ2) is 13.1. The number of aliphatic hydroxyl groups excluding tert-OH is 1. The molecule has 0 bridgehead atoms. The third-order valence-electron chi connectivity index (χ3n) is 7.36. The fourth-order valence-electron chi connectivity index (χ4n) is 5.41. The quantitative estimate of drug-likeness (QED) is 0.124. The second-order valence-electron chi connectivity index (χ2n) is 11.0. The van der Waals surface area contributed by atoms with Crippen LogP contribution in [0.25, 0.3) is 21.5 Å². The average Bonchev–Trinajstić information content (AvgIpc) is 2.93. The monoisotopic (exact) mass is 536 g/mol. The smallest absolute Gasteiger partial charge is 0.311 e. The normalized spacial score (nSPS) is 14.0. The molecule has 0 radical (unpaired) electrons. The molecule has 7 heteroatoms. The Bertz CT molecular complexity index is 1260. The van der Waals surface area contributed by atoms with E-state index in [1.165, 1.54) is 7.11 Å². The van der Waals surface area contributed by atoms with Crippen molar-refractivity contribution in [1.29, 1.82) is 0 Å². The molecule has 0 aromatic heterocycles. The SMILES string of the molecule is CCC(CC(C)(CC(C)(C)C(=O)OCc1c2ccccc2cc2ccccc12)C(=O)OC)C(=O)OCCCO. The van der Waals surface area contributed by atoms with Crippen LogP contribution in [0.2, 0.25) is 0 Å². The number of hydrogen-bond acceptors (Lipinski definition) is 7. The lowest BCUT2D eigenvalue weighted by Crippen LogP contribution is -2.41. The minimum absolute atomic E-state index is 0.0746. The number of ether oxygens (including phenoxy) is 3. The van der Waals surface area contributed by atoms with Gasteiger partial charge in [-0.25, -0.2) is 0 Å². The zero-order valence-corrected chi connectivity index (χ0v) is 23.6. The molecule has 0 heterocycles. The molecular formula is C32H40O7. The first-order chi connectivity index (χ1) is 18.6. The highest BCUT2D eigenvalue weighted by Gasteiger charge is 2.46. The second-order valence-corrected chi connectivity index (χ2v) is 11.0. The van der Waals surface area contributed by atoms with Crippen LogP contribution >= 0.6 is 0 Å². The number of fused-ring (bicyclic) bond motifs is 2. The lowest BCUT2D eigenvalue weighted by Gasteiger charge is -2.35. The summed E-state index contributed by atoms with van der Waals surface area (Å²) in [6.07, 6.45) is 1.10. The predicted molar refractivity (Wildman–Crippen MR) is 151 cm³/mol. The largest absolute Gasteiger partial charge is 0.469 e. The number of aliphatic hydroxyl groups is 1. The molecule has 2 unspecified atom stereocenters. The molecule has 0 amide bonds. The number of esters is 3. The first-order valence-electron chi connectivity index (χ1n) is 13.5. The summed E-state index contributed by atoms with van der Waals surface area (Å²) in [4.78, 5) is 39.1. The molecule has 0 aliphatic heterocycles. The van der Waals surface area contributed by atoms with Crippen molar-refractivity contribution < 1.29 is 33.7 Å². The van der Waals surface area contributed by atoms with Crippen LogP contribution in [0.1, 0.15) is 58.9 Å². The summed E-state index contributed by atoms with van der Waals surface area (Å²) in [7, 11) is 1.30. The van der Waals surface area contributed by atoms with Gasteiger partial charge in [-0.2, -0.15) is 0 Å². The molecule has 0 fully saturated rings. The summed E-state index contributed by atoms with van der Waals surface area (Å²) >= 11 is 0. The maximum Gasteiger partial charge on any atom is 0.311 e. The van der Waals surface area contributed by atoms with Gasteiger partial charge in [-0.15, -0.1) is 0 Å². The highest BCUT2D eigenvalue weighted by atomic mass is 16.5. The van der Waals surface area contributed by atoms with Crippen LogP contribution in [0.15, 0.2) is 54.6 Å². The maximum absolute atomic E-state index is 13.5. The van der Waals surface area contributed by atoms with Gasteiger partial charge in [0.2, 0.25) is 0 Å². The molecule has 0 aliphatic carbocycles. The van der Waals surface area contributed by atoms with Crippen molar-refractivity contribution >= 4 is 39.5 Å². The Labute approximate surface area is 230 Å². The number of rotatable bonds is 13. The minimum atomic E-state index is -1.12. The van der Waals surface area contributed by atoms with E-state index in [0.29, 0.717) is 12.8 Å². The zero-order valence-electron chi connectivity index (χ0n) is 23.6. The summed E-state index contributed by atoms with van der Waals surface area (Å²) < 4.78 is 16.3. The molecule has 0 spiro atoms. The van der Waals surface area contributed by atoms with Gasteiger partial charge in [0.05, 0.1) is 30.5 Å². The highest BCUT2D eigenvalue weighted by Crippen LogP contribution is 2.42. The Kier molecular flexibility index (Phi) is 10.1. The van der Waals surface area contributed by atoms with Gasteiger partial charge in [-0.3, -0.25) is 14.4 Å². The molecule has 1 N–H and O–H groups in total. The minimum Gasteiger partial charge on any atom is -0.469 e. The van der Waals surface area contributed by atoms with Gasteiger partial charge in [-0.05, 0) is 67.6 Å². The lowest BCUT2D eigenvalue weighted by molar-refractivity contribution is -0.164. The van der Waals surface area contributed by atoms with Gasteiger partial charge in [0.25, 0.3) is 0 Å². The Morgan fingerprint density at radius 1 is 0.897 bits per heavy atom. The Morgan fingerprint density at radius 3 is 2.03 bits per heavy atom. The van der Waals surface area contributed by atoms with E-state index in [9.17, 15) is 14.4 Å². The Hall–Kier alpha value is -3.45. The maximum atomic E-state index is 13.5. The molecule has 3 rings (SSSR count). The van der Waals surface area contributed by atoms with Gasteiger partial charge in [-0.1, -0.05) is 55.5 Å². The molecule has 0 aliphatic rings.